The fourth-order valence-electron chi connectivity index (χ4n) is 2.04. The fourth-order valence-corrected chi connectivity index (χ4v) is 2.04. The van der Waals surface area contributed by atoms with Crippen molar-refractivity contribution in [1.29, 1.82) is 10.5 Å². The van der Waals surface area contributed by atoms with E-state index in [9.17, 15) is 13.2 Å². The lowest BCUT2D eigenvalue weighted by molar-refractivity contribution is -0.153. The second-order valence-corrected chi connectivity index (χ2v) is 4.85. The molecule has 2 rings (SSSR count). The Kier molecular flexibility index (Phi) is 5.35. The molecular formula is C17H12F3N3O2. The molecular weight excluding hydrogens is 335 g/mol. The number of anilines is 2. The number of benzene rings is 2. The number of hydrogen-bond donors (Lipinski definition) is 1. The molecule has 0 radical (unpaired) electrons. The van der Waals surface area contributed by atoms with Crippen LogP contribution in [0, 0.1) is 22.7 Å². The molecule has 0 atom stereocenters. The summed E-state index contributed by atoms with van der Waals surface area (Å²) in [4.78, 5) is 0. The van der Waals surface area contributed by atoms with E-state index in [2.05, 4.69) is 5.32 Å². The van der Waals surface area contributed by atoms with E-state index < -0.39 is 12.8 Å². The van der Waals surface area contributed by atoms with E-state index in [0.717, 1.165) is 0 Å². The topological polar surface area (TPSA) is 78.1 Å². The molecule has 5 nitrogen and oxygen atoms in total. The third-order valence-corrected chi connectivity index (χ3v) is 3.13. The first kappa shape index (κ1) is 18.0. The molecule has 0 aliphatic rings. The molecule has 0 aromatic heterocycles. The zero-order valence-corrected chi connectivity index (χ0v) is 13.0. The first-order chi connectivity index (χ1) is 11.9. The number of hydrogen-bond acceptors (Lipinski definition) is 5. The average Bonchev–Trinajstić information content (AvgIpc) is 2.59. The van der Waals surface area contributed by atoms with Crippen molar-refractivity contribution in [1.82, 2.24) is 0 Å². The first-order valence-corrected chi connectivity index (χ1v) is 6.95. The van der Waals surface area contributed by atoms with Crippen molar-refractivity contribution in [2.75, 3.05) is 19.0 Å². The van der Waals surface area contributed by atoms with Crippen LogP contribution in [0.1, 0.15) is 11.1 Å². The number of nitrogens with one attached hydrogen (secondary N) is 1. The summed E-state index contributed by atoms with van der Waals surface area (Å²) in [7, 11) is 1.31. The maximum Gasteiger partial charge on any atom is 0.422 e. The molecule has 2 aromatic rings. The highest BCUT2D eigenvalue weighted by Gasteiger charge is 2.29. The molecule has 2 aromatic carbocycles. The van der Waals surface area contributed by atoms with Crippen molar-refractivity contribution in [3.05, 3.63) is 47.5 Å². The lowest BCUT2D eigenvalue weighted by Gasteiger charge is -2.15. The Morgan fingerprint density at radius 2 is 1.68 bits per heavy atom. The Morgan fingerprint density at radius 3 is 2.20 bits per heavy atom. The zero-order chi connectivity index (χ0) is 18.4. The number of nitriles is 2. The Labute approximate surface area is 141 Å². The Bertz CT molecular complexity index is 819. The predicted octanol–water partition coefficient (Wildman–Crippen LogP) is 4.12. The number of rotatable bonds is 5. The van der Waals surface area contributed by atoms with E-state index in [1.165, 1.54) is 37.4 Å². The first-order valence-electron chi connectivity index (χ1n) is 6.95. The molecule has 0 bridgehead atoms. The summed E-state index contributed by atoms with van der Waals surface area (Å²) in [5.41, 5.74) is 1.07. The van der Waals surface area contributed by atoms with Gasteiger partial charge in [-0.2, -0.15) is 23.7 Å². The van der Waals surface area contributed by atoms with Crippen LogP contribution in [0.2, 0.25) is 0 Å². The number of nitrogens with zero attached hydrogens (tertiary/aromatic N) is 2. The molecule has 8 heteroatoms. The van der Waals surface area contributed by atoms with Crippen LogP contribution in [-0.4, -0.2) is 19.9 Å². The lowest BCUT2D eigenvalue weighted by Crippen LogP contribution is -2.19. The molecule has 0 saturated heterocycles. The molecule has 128 valence electrons. The number of methoxy groups -OCH3 is 1. The van der Waals surface area contributed by atoms with Gasteiger partial charge in [0.15, 0.2) is 18.1 Å². The Morgan fingerprint density at radius 1 is 1.04 bits per heavy atom. The van der Waals surface area contributed by atoms with Crippen LogP contribution in [0.25, 0.3) is 0 Å². The summed E-state index contributed by atoms with van der Waals surface area (Å²) < 4.78 is 46.8. The predicted molar refractivity (Wildman–Crippen MR) is 83.7 cm³/mol. The van der Waals surface area contributed by atoms with Gasteiger partial charge in [-0.15, -0.1) is 0 Å². The molecule has 0 heterocycles. The van der Waals surface area contributed by atoms with E-state index in [0.29, 0.717) is 5.69 Å². The normalized spacial score (nSPS) is 10.5. The van der Waals surface area contributed by atoms with Gasteiger partial charge >= 0.3 is 6.18 Å². The monoisotopic (exact) mass is 347 g/mol. The van der Waals surface area contributed by atoms with E-state index in [1.54, 1.807) is 6.07 Å². The summed E-state index contributed by atoms with van der Waals surface area (Å²) in [5.74, 6) is 0.0154. The summed E-state index contributed by atoms with van der Waals surface area (Å²) in [6, 6.07) is 12.8. The van der Waals surface area contributed by atoms with Gasteiger partial charge < -0.3 is 14.8 Å². The molecule has 0 aliphatic carbocycles. The van der Waals surface area contributed by atoms with Crippen molar-refractivity contribution >= 4 is 11.4 Å². The summed E-state index contributed by atoms with van der Waals surface area (Å²) in [5, 5.41) is 21.2. The van der Waals surface area contributed by atoms with Crippen molar-refractivity contribution in [3.8, 4) is 23.6 Å². The van der Waals surface area contributed by atoms with E-state index >= 15 is 0 Å². The molecule has 1 N–H and O–H groups in total. The van der Waals surface area contributed by atoms with Crippen molar-refractivity contribution in [3.63, 3.8) is 0 Å². The molecule has 0 amide bonds. The molecule has 0 aliphatic heterocycles. The van der Waals surface area contributed by atoms with Gasteiger partial charge in [-0.3, -0.25) is 0 Å². The SMILES string of the molecule is COc1ccc(Nc2c(C#N)cccc2C#N)cc1OCC(F)(F)F. The van der Waals surface area contributed by atoms with Gasteiger partial charge in [0.1, 0.15) is 12.1 Å². The number of para-hydroxylation sites is 1. The van der Waals surface area contributed by atoms with Crippen molar-refractivity contribution in [2.45, 2.75) is 6.18 Å². The average molecular weight is 347 g/mol. The van der Waals surface area contributed by atoms with E-state index in [1.807, 2.05) is 12.1 Å². The minimum atomic E-state index is -4.49. The highest BCUT2D eigenvalue weighted by Crippen LogP contribution is 2.34. The van der Waals surface area contributed by atoms with Gasteiger partial charge in [0.25, 0.3) is 0 Å². The van der Waals surface area contributed by atoms with E-state index in [-0.39, 0.29) is 28.3 Å². The second kappa shape index (κ2) is 7.45. The minimum absolute atomic E-state index is 0.113. The summed E-state index contributed by atoms with van der Waals surface area (Å²) >= 11 is 0. The Hall–Kier alpha value is -3.39. The minimum Gasteiger partial charge on any atom is -0.493 e. The maximum absolute atomic E-state index is 12.4. The standard InChI is InChI=1S/C17H12F3N3O2/c1-24-14-6-5-13(7-15(14)25-10-17(18,19)20)23-16-11(8-21)3-2-4-12(16)9-22/h2-7,23H,10H2,1H3. The van der Waals surface area contributed by atoms with Crippen LogP contribution < -0.4 is 14.8 Å². The van der Waals surface area contributed by atoms with Crippen LogP contribution in [0.15, 0.2) is 36.4 Å². The zero-order valence-electron chi connectivity index (χ0n) is 13.0. The van der Waals surface area contributed by atoms with Crippen LogP contribution in [0.3, 0.4) is 0 Å². The van der Waals surface area contributed by atoms with Crippen molar-refractivity contribution in [2.24, 2.45) is 0 Å². The number of ether oxygens (including phenoxy) is 2. The highest BCUT2D eigenvalue weighted by molar-refractivity contribution is 5.74. The van der Waals surface area contributed by atoms with Gasteiger partial charge in [0.05, 0.1) is 23.9 Å². The van der Waals surface area contributed by atoms with Gasteiger partial charge in [0.2, 0.25) is 0 Å². The Balaban J connectivity index is 2.36. The van der Waals surface area contributed by atoms with Gasteiger partial charge in [0, 0.05) is 11.8 Å². The molecule has 0 fully saturated rings. The third-order valence-electron chi connectivity index (χ3n) is 3.13. The maximum atomic E-state index is 12.4. The van der Waals surface area contributed by atoms with Gasteiger partial charge in [-0.05, 0) is 24.3 Å². The van der Waals surface area contributed by atoms with Crippen LogP contribution in [0.5, 0.6) is 11.5 Å². The molecule has 0 unspecified atom stereocenters. The van der Waals surface area contributed by atoms with Gasteiger partial charge in [-0.1, -0.05) is 6.07 Å². The van der Waals surface area contributed by atoms with Crippen LogP contribution in [-0.2, 0) is 0 Å². The molecule has 0 spiro atoms. The fraction of sp³-hybridized carbons (Fsp3) is 0.176. The second-order valence-electron chi connectivity index (χ2n) is 4.85. The number of halogens is 3. The summed E-state index contributed by atoms with van der Waals surface area (Å²) in [6.07, 6.45) is -4.49. The quantitative estimate of drug-likeness (QED) is 0.880. The summed E-state index contributed by atoms with van der Waals surface area (Å²) in [6.45, 7) is -1.47. The van der Waals surface area contributed by atoms with Crippen molar-refractivity contribution < 1.29 is 22.6 Å². The lowest BCUT2D eigenvalue weighted by atomic mass is 10.1. The largest absolute Gasteiger partial charge is 0.493 e. The third kappa shape index (κ3) is 4.55. The smallest absolute Gasteiger partial charge is 0.422 e. The molecule has 0 saturated carbocycles. The van der Waals surface area contributed by atoms with Crippen LogP contribution in [0.4, 0.5) is 24.5 Å². The number of alkyl halides is 3. The highest BCUT2D eigenvalue weighted by atomic mass is 19.4. The van der Waals surface area contributed by atoms with E-state index in [4.69, 9.17) is 20.0 Å². The van der Waals surface area contributed by atoms with Gasteiger partial charge in [-0.25, -0.2) is 0 Å². The van der Waals surface area contributed by atoms with Crippen LogP contribution >= 0.6 is 0 Å². The molecule has 25 heavy (non-hydrogen) atoms.